The fourth-order valence-electron chi connectivity index (χ4n) is 2.10. The second kappa shape index (κ2) is 3.83. The molecule has 3 rings (SSSR count). The number of nitrogens with zero attached hydrogens (tertiary/aromatic N) is 1. The molecule has 1 aromatic carbocycles. The maximum Gasteiger partial charge on any atom is 0.256 e. The molecule has 1 aliphatic heterocycles. The van der Waals surface area contributed by atoms with Gasteiger partial charge < -0.3 is 5.32 Å². The summed E-state index contributed by atoms with van der Waals surface area (Å²) in [5.41, 5.74) is 1.45. The van der Waals surface area contributed by atoms with Crippen LogP contribution in [0.3, 0.4) is 0 Å². The molecule has 2 N–H and O–H groups in total. The highest BCUT2D eigenvalue weighted by molar-refractivity contribution is 6.09. The quantitative estimate of drug-likeness (QED) is 0.826. The first-order chi connectivity index (χ1) is 8.58. The molecular weight excluding hydrogens is 226 g/mol. The van der Waals surface area contributed by atoms with Crippen molar-refractivity contribution in [2.75, 3.05) is 0 Å². The third-order valence-electron chi connectivity index (χ3n) is 3.54. The molecule has 1 aromatic rings. The van der Waals surface area contributed by atoms with E-state index in [1.807, 2.05) is 38.1 Å². The van der Waals surface area contributed by atoms with Gasteiger partial charge in [0.1, 0.15) is 5.54 Å². The lowest BCUT2D eigenvalue weighted by atomic mass is 9.92. The Kier molecular flexibility index (Phi) is 2.40. The van der Waals surface area contributed by atoms with Crippen LogP contribution in [0.25, 0.3) is 0 Å². The number of carbonyl (C=O) groups excluding carboxylic acids is 1. The Balaban J connectivity index is 1.89. The number of hydrogen-bond donors (Lipinski definition) is 2. The molecule has 94 valence electrons. The third kappa shape index (κ3) is 1.88. The van der Waals surface area contributed by atoms with Gasteiger partial charge in [-0.15, -0.1) is 0 Å². The molecule has 1 saturated heterocycles. The molecule has 1 atom stereocenters. The topological polar surface area (TPSA) is 53.5 Å². The highest BCUT2D eigenvalue weighted by Gasteiger charge is 2.42. The normalized spacial score (nSPS) is 29.2. The Hall–Kier alpha value is -1.84. The van der Waals surface area contributed by atoms with E-state index in [1.54, 1.807) is 0 Å². The number of hydrogen-bond acceptors (Lipinski definition) is 2. The van der Waals surface area contributed by atoms with E-state index in [-0.39, 0.29) is 5.91 Å². The summed E-state index contributed by atoms with van der Waals surface area (Å²) < 4.78 is 0. The van der Waals surface area contributed by atoms with Crippen LogP contribution in [0.5, 0.6) is 0 Å². The highest BCUT2D eigenvalue weighted by Crippen LogP contribution is 2.27. The van der Waals surface area contributed by atoms with E-state index in [1.165, 1.54) is 5.56 Å². The average molecular weight is 243 g/mol. The van der Waals surface area contributed by atoms with E-state index in [2.05, 4.69) is 15.6 Å². The standard InChI is InChI=1S/C14H17N3O/c1-9-3-5-10(6-4-9)14(2)12(18)16-13(17-14)15-11-7-8-11/h3-6,11H,7-8H2,1-2H3,(H2,15,16,17,18). The first kappa shape index (κ1) is 11.3. The number of nitrogens with one attached hydrogen (secondary N) is 2. The Morgan fingerprint density at radius 1 is 1.28 bits per heavy atom. The average Bonchev–Trinajstić information content (AvgIpc) is 3.08. The molecule has 1 unspecified atom stereocenters. The predicted octanol–water partition coefficient (Wildman–Crippen LogP) is 1.45. The molecule has 0 radical (unpaired) electrons. The zero-order valence-electron chi connectivity index (χ0n) is 10.7. The van der Waals surface area contributed by atoms with Gasteiger partial charge in [-0.3, -0.25) is 10.1 Å². The largest absolute Gasteiger partial charge is 0.338 e. The van der Waals surface area contributed by atoms with Gasteiger partial charge in [0.25, 0.3) is 5.91 Å². The Morgan fingerprint density at radius 3 is 2.56 bits per heavy atom. The molecule has 1 amide bonds. The smallest absolute Gasteiger partial charge is 0.256 e. The van der Waals surface area contributed by atoms with Crippen LogP contribution in [-0.4, -0.2) is 17.9 Å². The molecule has 1 saturated carbocycles. The Morgan fingerprint density at radius 2 is 1.94 bits per heavy atom. The second-order valence-corrected chi connectivity index (χ2v) is 5.28. The summed E-state index contributed by atoms with van der Waals surface area (Å²) >= 11 is 0. The van der Waals surface area contributed by atoms with Crippen LogP contribution in [0, 0.1) is 6.92 Å². The van der Waals surface area contributed by atoms with Gasteiger partial charge in [0.2, 0.25) is 0 Å². The van der Waals surface area contributed by atoms with Gasteiger partial charge in [-0.05, 0) is 32.3 Å². The molecular formula is C14H17N3O. The molecule has 1 aliphatic carbocycles. The lowest BCUT2D eigenvalue weighted by Gasteiger charge is -2.21. The fourth-order valence-corrected chi connectivity index (χ4v) is 2.10. The molecule has 2 aliphatic rings. The van der Waals surface area contributed by atoms with Crippen LogP contribution in [0.15, 0.2) is 29.3 Å². The lowest BCUT2D eigenvalue weighted by Crippen LogP contribution is -2.40. The molecule has 4 nitrogen and oxygen atoms in total. The van der Waals surface area contributed by atoms with Crippen LogP contribution in [0.1, 0.15) is 30.9 Å². The number of benzene rings is 1. The summed E-state index contributed by atoms with van der Waals surface area (Å²) in [5, 5.41) is 6.04. The number of rotatable bonds is 2. The van der Waals surface area contributed by atoms with E-state index < -0.39 is 5.54 Å². The molecule has 4 heteroatoms. The number of aryl methyl sites for hydroxylation is 1. The van der Waals surface area contributed by atoms with Crippen molar-refractivity contribution in [3.8, 4) is 0 Å². The van der Waals surface area contributed by atoms with Crippen molar-refractivity contribution in [3.05, 3.63) is 35.4 Å². The lowest BCUT2D eigenvalue weighted by molar-refractivity contribution is -0.123. The molecule has 18 heavy (non-hydrogen) atoms. The monoisotopic (exact) mass is 243 g/mol. The zero-order chi connectivity index (χ0) is 12.8. The van der Waals surface area contributed by atoms with Crippen molar-refractivity contribution in [2.45, 2.75) is 38.3 Å². The first-order valence-corrected chi connectivity index (χ1v) is 6.32. The van der Waals surface area contributed by atoms with Crippen molar-refractivity contribution in [1.82, 2.24) is 10.6 Å². The minimum atomic E-state index is -0.707. The molecule has 0 spiro atoms. The Labute approximate surface area is 106 Å². The highest BCUT2D eigenvalue weighted by atomic mass is 16.2. The third-order valence-corrected chi connectivity index (χ3v) is 3.54. The zero-order valence-corrected chi connectivity index (χ0v) is 10.7. The van der Waals surface area contributed by atoms with Crippen LogP contribution in [0.2, 0.25) is 0 Å². The van der Waals surface area contributed by atoms with Crippen LogP contribution < -0.4 is 10.6 Å². The number of aliphatic imine (C=N–C) groups is 1. The minimum absolute atomic E-state index is 0.0363. The summed E-state index contributed by atoms with van der Waals surface area (Å²) in [4.78, 5) is 16.6. The van der Waals surface area contributed by atoms with Gasteiger partial charge in [0.05, 0.1) is 6.04 Å². The van der Waals surface area contributed by atoms with Crippen LogP contribution in [0.4, 0.5) is 0 Å². The second-order valence-electron chi connectivity index (χ2n) is 5.28. The molecule has 0 bridgehead atoms. The van der Waals surface area contributed by atoms with Crippen molar-refractivity contribution in [3.63, 3.8) is 0 Å². The number of amides is 1. The van der Waals surface area contributed by atoms with Gasteiger partial charge in [-0.2, -0.15) is 0 Å². The van der Waals surface area contributed by atoms with Crippen molar-refractivity contribution < 1.29 is 4.79 Å². The van der Waals surface area contributed by atoms with Crippen LogP contribution in [-0.2, 0) is 10.3 Å². The van der Waals surface area contributed by atoms with Gasteiger partial charge in [0, 0.05) is 0 Å². The van der Waals surface area contributed by atoms with E-state index >= 15 is 0 Å². The minimum Gasteiger partial charge on any atom is -0.338 e. The van der Waals surface area contributed by atoms with Gasteiger partial charge >= 0.3 is 0 Å². The van der Waals surface area contributed by atoms with Crippen molar-refractivity contribution in [1.29, 1.82) is 0 Å². The summed E-state index contributed by atoms with van der Waals surface area (Å²) in [6.45, 7) is 3.93. The summed E-state index contributed by atoms with van der Waals surface area (Å²) in [7, 11) is 0. The van der Waals surface area contributed by atoms with E-state index in [9.17, 15) is 4.79 Å². The summed E-state index contributed by atoms with van der Waals surface area (Å²) in [6, 6.07) is 8.41. The van der Waals surface area contributed by atoms with E-state index in [0.717, 1.165) is 18.4 Å². The van der Waals surface area contributed by atoms with Crippen molar-refractivity contribution in [2.24, 2.45) is 4.99 Å². The fraction of sp³-hybridized carbons (Fsp3) is 0.429. The maximum atomic E-state index is 12.1. The predicted molar refractivity (Wildman–Crippen MR) is 70.3 cm³/mol. The Bertz CT molecular complexity index is 516. The summed E-state index contributed by atoms with van der Waals surface area (Å²) in [6.07, 6.45) is 2.25. The first-order valence-electron chi connectivity index (χ1n) is 6.32. The maximum absolute atomic E-state index is 12.1. The van der Waals surface area contributed by atoms with Crippen molar-refractivity contribution >= 4 is 11.9 Å². The number of carbonyl (C=O) groups is 1. The van der Waals surface area contributed by atoms with E-state index in [4.69, 9.17) is 0 Å². The number of guanidine groups is 1. The molecule has 2 fully saturated rings. The SMILES string of the molecule is Cc1ccc(C2(C)NC(=NC3CC3)NC2=O)cc1. The van der Waals surface area contributed by atoms with Gasteiger partial charge in [-0.25, -0.2) is 4.99 Å². The van der Waals surface area contributed by atoms with Crippen LogP contribution >= 0.6 is 0 Å². The summed E-state index contributed by atoms with van der Waals surface area (Å²) in [5.74, 6) is 0.580. The van der Waals surface area contributed by atoms with E-state index in [0.29, 0.717) is 12.0 Å². The molecule has 1 heterocycles. The van der Waals surface area contributed by atoms with Gasteiger partial charge in [-0.1, -0.05) is 29.8 Å². The molecule has 0 aromatic heterocycles. The van der Waals surface area contributed by atoms with Gasteiger partial charge in [0.15, 0.2) is 5.96 Å².